The van der Waals surface area contributed by atoms with Gasteiger partial charge in [0.15, 0.2) is 0 Å². The van der Waals surface area contributed by atoms with Crippen molar-refractivity contribution in [2.45, 2.75) is 11.3 Å². The Labute approximate surface area is 129 Å². The smallest absolute Gasteiger partial charge is 0.261 e. The zero-order valence-corrected chi connectivity index (χ0v) is 13.1. The van der Waals surface area contributed by atoms with Gasteiger partial charge in [0.05, 0.1) is 4.90 Å². The topological polar surface area (TPSA) is 49.4 Å². The first-order valence-corrected chi connectivity index (χ1v) is 8.44. The Morgan fingerprint density at radius 1 is 1.19 bits per heavy atom. The highest BCUT2D eigenvalue weighted by atomic mass is 35.5. The van der Waals surface area contributed by atoms with Gasteiger partial charge in [-0.1, -0.05) is 17.7 Å². The third kappa shape index (κ3) is 2.84. The van der Waals surface area contributed by atoms with Crippen molar-refractivity contribution in [3.05, 3.63) is 53.1 Å². The van der Waals surface area contributed by atoms with E-state index in [0.717, 1.165) is 24.2 Å². The van der Waals surface area contributed by atoms with Gasteiger partial charge in [-0.25, -0.2) is 8.42 Å². The fourth-order valence-electron chi connectivity index (χ4n) is 2.48. The monoisotopic (exact) mass is 322 g/mol. The van der Waals surface area contributed by atoms with Gasteiger partial charge < -0.3 is 4.90 Å². The van der Waals surface area contributed by atoms with Crippen molar-refractivity contribution >= 4 is 33.0 Å². The van der Waals surface area contributed by atoms with Crippen molar-refractivity contribution in [2.75, 3.05) is 23.2 Å². The third-order valence-electron chi connectivity index (χ3n) is 3.57. The molecule has 1 aliphatic heterocycles. The molecule has 3 rings (SSSR count). The molecule has 1 N–H and O–H groups in total. The molecule has 1 heterocycles. The summed E-state index contributed by atoms with van der Waals surface area (Å²) in [4.78, 5) is 2.32. The SMILES string of the molecule is CN1CCc2cc(NS(=O)(=O)c3cccc(Cl)c3)ccc21. The largest absolute Gasteiger partial charge is 0.374 e. The van der Waals surface area contributed by atoms with Crippen molar-refractivity contribution in [1.82, 2.24) is 0 Å². The van der Waals surface area contributed by atoms with Crippen LogP contribution in [0.25, 0.3) is 0 Å². The van der Waals surface area contributed by atoms with Crippen LogP contribution in [0.1, 0.15) is 5.56 Å². The van der Waals surface area contributed by atoms with E-state index in [0.29, 0.717) is 10.7 Å². The van der Waals surface area contributed by atoms with Gasteiger partial charge in [-0.3, -0.25) is 4.72 Å². The molecule has 110 valence electrons. The van der Waals surface area contributed by atoms with Crippen molar-refractivity contribution < 1.29 is 8.42 Å². The molecule has 0 aliphatic carbocycles. The molecule has 0 amide bonds. The molecule has 0 spiro atoms. The molecule has 0 aromatic heterocycles. The molecule has 0 saturated heterocycles. The van der Waals surface area contributed by atoms with Crippen molar-refractivity contribution in [3.8, 4) is 0 Å². The molecule has 6 heteroatoms. The number of nitrogens with one attached hydrogen (secondary N) is 1. The summed E-state index contributed by atoms with van der Waals surface area (Å²) in [5.74, 6) is 0. The van der Waals surface area contributed by atoms with Crippen LogP contribution < -0.4 is 9.62 Å². The van der Waals surface area contributed by atoms with Crippen LogP contribution in [0.5, 0.6) is 0 Å². The van der Waals surface area contributed by atoms with Gasteiger partial charge in [0.2, 0.25) is 0 Å². The Bertz CT molecular complexity index is 790. The zero-order valence-electron chi connectivity index (χ0n) is 11.5. The van der Waals surface area contributed by atoms with E-state index in [1.54, 1.807) is 18.2 Å². The molecule has 0 radical (unpaired) electrons. The van der Waals surface area contributed by atoms with E-state index < -0.39 is 10.0 Å². The summed E-state index contributed by atoms with van der Waals surface area (Å²) in [6.07, 6.45) is 0.929. The van der Waals surface area contributed by atoms with E-state index in [-0.39, 0.29) is 4.90 Å². The van der Waals surface area contributed by atoms with Crippen LogP contribution in [0.2, 0.25) is 5.02 Å². The second-order valence-corrected chi connectivity index (χ2v) is 7.20. The van der Waals surface area contributed by atoms with Crippen LogP contribution in [0.15, 0.2) is 47.4 Å². The molecular weight excluding hydrogens is 308 g/mol. The summed E-state index contributed by atoms with van der Waals surface area (Å²) < 4.78 is 27.3. The van der Waals surface area contributed by atoms with Crippen LogP contribution in [0, 0.1) is 0 Å². The highest BCUT2D eigenvalue weighted by Crippen LogP contribution is 2.30. The Balaban J connectivity index is 1.90. The molecule has 0 unspecified atom stereocenters. The molecule has 0 saturated carbocycles. The highest BCUT2D eigenvalue weighted by Gasteiger charge is 2.18. The highest BCUT2D eigenvalue weighted by molar-refractivity contribution is 7.92. The Morgan fingerprint density at radius 3 is 2.76 bits per heavy atom. The molecule has 0 bridgehead atoms. The van der Waals surface area contributed by atoms with E-state index in [4.69, 9.17) is 11.6 Å². The van der Waals surface area contributed by atoms with Gasteiger partial charge in [0, 0.05) is 30.0 Å². The number of nitrogens with zero attached hydrogens (tertiary/aromatic N) is 1. The van der Waals surface area contributed by atoms with Gasteiger partial charge in [-0.15, -0.1) is 0 Å². The summed E-state index contributed by atoms with van der Waals surface area (Å²) in [7, 11) is -1.59. The number of fused-ring (bicyclic) bond motifs is 1. The summed E-state index contributed by atoms with van der Waals surface area (Å²) in [6, 6.07) is 11.8. The first-order valence-electron chi connectivity index (χ1n) is 6.58. The average Bonchev–Trinajstić information content (AvgIpc) is 2.79. The predicted molar refractivity (Wildman–Crippen MR) is 85.7 cm³/mol. The maximum atomic E-state index is 12.3. The van der Waals surface area contributed by atoms with Gasteiger partial charge in [-0.2, -0.15) is 0 Å². The van der Waals surface area contributed by atoms with Crippen LogP contribution >= 0.6 is 11.6 Å². The van der Waals surface area contributed by atoms with Gasteiger partial charge >= 0.3 is 0 Å². The number of hydrogen-bond acceptors (Lipinski definition) is 3. The van der Waals surface area contributed by atoms with Crippen molar-refractivity contribution in [3.63, 3.8) is 0 Å². The number of anilines is 2. The van der Waals surface area contributed by atoms with E-state index in [9.17, 15) is 8.42 Å². The fraction of sp³-hybridized carbons (Fsp3) is 0.200. The number of likely N-dealkylation sites (N-methyl/N-ethyl adjacent to an activating group) is 1. The summed E-state index contributed by atoms with van der Waals surface area (Å²) >= 11 is 5.85. The zero-order chi connectivity index (χ0) is 15.0. The minimum Gasteiger partial charge on any atom is -0.374 e. The first-order chi connectivity index (χ1) is 9.95. The normalized spacial score (nSPS) is 14.1. The van der Waals surface area contributed by atoms with E-state index in [2.05, 4.69) is 9.62 Å². The van der Waals surface area contributed by atoms with E-state index in [1.165, 1.54) is 12.1 Å². The van der Waals surface area contributed by atoms with Crippen LogP contribution in [0.3, 0.4) is 0 Å². The minimum atomic E-state index is -3.61. The number of hydrogen-bond donors (Lipinski definition) is 1. The Hall–Kier alpha value is -1.72. The number of rotatable bonds is 3. The quantitative estimate of drug-likeness (QED) is 0.944. The Kier molecular flexibility index (Phi) is 3.55. The number of sulfonamides is 1. The predicted octanol–water partition coefficient (Wildman–Crippen LogP) is 3.13. The second kappa shape index (κ2) is 5.24. The molecule has 0 atom stereocenters. The minimum absolute atomic E-state index is 0.160. The molecule has 4 nitrogen and oxygen atoms in total. The second-order valence-electron chi connectivity index (χ2n) is 5.08. The van der Waals surface area contributed by atoms with E-state index >= 15 is 0 Å². The lowest BCUT2D eigenvalue weighted by Gasteiger charge is -2.13. The Morgan fingerprint density at radius 2 is 2.00 bits per heavy atom. The number of halogens is 1. The van der Waals surface area contributed by atoms with Crippen molar-refractivity contribution in [2.24, 2.45) is 0 Å². The van der Waals surface area contributed by atoms with Crippen molar-refractivity contribution in [1.29, 1.82) is 0 Å². The van der Waals surface area contributed by atoms with Gasteiger partial charge in [0.1, 0.15) is 0 Å². The molecule has 1 aliphatic rings. The standard InChI is InChI=1S/C15H15ClN2O2S/c1-18-8-7-11-9-13(5-6-15(11)18)17-21(19,20)14-4-2-3-12(16)10-14/h2-6,9-10,17H,7-8H2,1H3. The van der Waals surface area contributed by atoms with Crippen LogP contribution in [-0.2, 0) is 16.4 Å². The molecule has 0 fully saturated rings. The molecular formula is C15H15ClN2O2S. The number of benzene rings is 2. The van der Waals surface area contributed by atoms with E-state index in [1.807, 2.05) is 19.2 Å². The van der Waals surface area contributed by atoms with Gasteiger partial charge in [0.25, 0.3) is 10.0 Å². The summed E-state index contributed by atoms with van der Waals surface area (Å²) in [5, 5.41) is 0.397. The van der Waals surface area contributed by atoms with Crippen LogP contribution in [0.4, 0.5) is 11.4 Å². The third-order valence-corrected chi connectivity index (χ3v) is 5.18. The maximum Gasteiger partial charge on any atom is 0.261 e. The molecule has 2 aromatic rings. The lowest BCUT2D eigenvalue weighted by Crippen LogP contribution is -2.13. The molecule has 2 aromatic carbocycles. The maximum absolute atomic E-state index is 12.3. The summed E-state index contributed by atoms with van der Waals surface area (Å²) in [5.41, 5.74) is 2.88. The summed E-state index contributed by atoms with van der Waals surface area (Å²) in [6.45, 7) is 0.958. The van der Waals surface area contributed by atoms with Gasteiger partial charge in [-0.05, 0) is 48.4 Å². The lowest BCUT2D eigenvalue weighted by molar-refractivity contribution is 0.601. The first kappa shape index (κ1) is 14.2. The fourth-order valence-corrected chi connectivity index (χ4v) is 3.83. The van der Waals surface area contributed by atoms with Crippen LogP contribution in [-0.4, -0.2) is 22.0 Å². The molecule has 21 heavy (non-hydrogen) atoms. The lowest BCUT2D eigenvalue weighted by atomic mass is 10.1. The average molecular weight is 323 g/mol.